The standard InChI is InChI=1S/C25H32N8O.C4H10/c1-15(25(28)34)24-23(22-18(14-26)19(27)5-6-20(22)32(24)4)30-16(2)17-7-8-29-21(13-17)33-11-9-31(3)10-12-33;1-3-4-2/h5-8,13-15,26H,9-12,27H2,1-4H3,(H2,28,34);3-4H2,1-2H3. The third-order valence-electron chi connectivity index (χ3n) is 7.21. The number of aliphatic imine (C=N–C) groups is 1. The van der Waals surface area contributed by atoms with E-state index >= 15 is 0 Å². The molecule has 1 aliphatic rings. The van der Waals surface area contributed by atoms with Gasteiger partial charge in [0.2, 0.25) is 5.91 Å². The number of anilines is 2. The average Bonchev–Trinajstić information content (AvgIpc) is 3.19. The quantitative estimate of drug-likeness (QED) is 0.314. The van der Waals surface area contributed by atoms with Crippen LogP contribution < -0.4 is 16.4 Å². The predicted molar refractivity (Wildman–Crippen MR) is 159 cm³/mol. The number of primary amides is 1. The molecule has 3 heterocycles. The Kier molecular flexibility index (Phi) is 9.63. The van der Waals surface area contributed by atoms with Gasteiger partial charge >= 0.3 is 0 Å². The molecule has 4 rings (SSSR count). The summed E-state index contributed by atoms with van der Waals surface area (Å²) in [5.41, 5.74) is 16.8. The van der Waals surface area contributed by atoms with Gasteiger partial charge in [-0.25, -0.2) is 4.98 Å². The van der Waals surface area contributed by atoms with Crippen molar-refractivity contribution in [2.75, 3.05) is 43.9 Å². The smallest absolute Gasteiger partial charge is 0.226 e. The second-order valence-corrected chi connectivity index (χ2v) is 9.91. The number of piperazine rings is 1. The van der Waals surface area contributed by atoms with Gasteiger partial charge in [-0.15, -0.1) is 0 Å². The first-order valence-electron chi connectivity index (χ1n) is 13.3. The SMILES string of the molecule is CC(=Nc1c(C(C)C(N)=O)n(C)c2ccc(N)c(C=N)c12)c1ccnc(N2CCN(C)CC2)c1.CCCC. The number of aromatic nitrogens is 2. The van der Waals surface area contributed by atoms with E-state index in [0.29, 0.717) is 22.6 Å². The lowest BCUT2D eigenvalue weighted by molar-refractivity contribution is -0.119. The maximum absolute atomic E-state index is 12.2. The number of rotatable bonds is 7. The van der Waals surface area contributed by atoms with Crippen molar-refractivity contribution in [1.29, 1.82) is 5.41 Å². The first-order chi connectivity index (χ1) is 18.1. The topological polar surface area (TPSA) is 130 Å². The lowest BCUT2D eigenvalue weighted by Gasteiger charge is -2.33. The molecule has 1 fully saturated rings. The fourth-order valence-electron chi connectivity index (χ4n) is 4.55. The van der Waals surface area contributed by atoms with E-state index in [4.69, 9.17) is 21.9 Å². The first-order valence-corrected chi connectivity index (χ1v) is 13.3. The molecule has 204 valence electrons. The van der Waals surface area contributed by atoms with E-state index < -0.39 is 11.8 Å². The second-order valence-electron chi connectivity index (χ2n) is 9.91. The Labute approximate surface area is 226 Å². The minimum Gasteiger partial charge on any atom is -0.398 e. The molecular formula is C29H42N8O. The number of hydrogen-bond donors (Lipinski definition) is 3. The lowest BCUT2D eigenvalue weighted by atomic mass is 10.0. The van der Waals surface area contributed by atoms with Crippen molar-refractivity contribution in [2.45, 2.75) is 46.5 Å². The molecule has 9 nitrogen and oxygen atoms in total. The Morgan fingerprint density at radius 2 is 1.82 bits per heavy atom. The highest BCUT2D eigenvalue weighted by Gasteiger charge is 2.26. The van der Waals surface area contributed by atoms with E-state index in [0.717, 1.165) is 54.2 Å². The molecule has 0 saturated carbocycles. The van der Waals surface area contributed by atoms with E-state index in [2.05, 4.69) is 41.7 Å². The zero-order valence-electron chi connectivity index (χ0n) is 23.6. The molecule has 1 aromatic carbocycles. The Bertz CT molecular complexity index is 1320. The number of nitrogen functional groups attached to an aromatic ring is 1. The number of aryl methyl sites for hydroxylation is 1. The summed E-state index contributed by atoms with van der Waals surface area (Å²) in [4.78, 5) is 26.3. The molecule has 0 spiro atoms. The highest BCUT2D eigenvalue weighted by atomic mass is 16.1. The van der Waals surface area contributed by atoms with Gasteiger partial charge in [0.15, 0.2) is 0 Å². The van der Waals surface area contributed by atoms with Crippen LogP contribution in [0.4, 0.5) is 17.2 Å². The summed E-state index contributed by atoms with van der Waals surface area (Å²) >= 11 is 0. The zero-order chi connectivity index (χ0) is 28.0. The largest absolute Gasteiger partial charge is 0.398 e. The minimum absolute atomic E-state index is 0.439. The van der Waals surface area contributed by atoms with E-state index in [9.17, 15) is 4.79 Å². The third kappa shape index (κ3) is 6.05. The third-order valence-corrected chi connectivity index (χ3v) is 7.21. The van der Waals surface area contributed by atoms with Crippen LogP contribution in [0.3, 0.4) is 0 Å². The van der Waals surface area contributed by atoms with Crippen LogP contribution in [-0.4, -0.2) is 65.5 Å². The van der Waals surface area contributed by atoms with Crippen LogP contribution in [0, 0.1) is 5.41 Å². The molecule has 1 saturated heterocycles. The number of nitrogens with two attached hydrogens (primary N) is 2. The van der Waals surface area contributed by atoms with Gasteiger partial charge < -0.3 is 31.2 Å². The van der Waals surface area contributed by atoms with Crippen LogP contribution in [0.5, 0.6) is 0 Å². The zero-order valence-corrected chi connectivity index (χ0v) is 23.6. The van der Waals surface area contributed by atoms with Gasteiger partial charge in [0.25, 0.3) is 0 Å². The molecule has 3 aromatic rings. The van der Waals surface area contributed by atoms with Crippen LogP contribution >= 0.6 is 0 Å². The number of amides is 1. The Morgan fingerprint density at radius 1 is 1.16 bits per heavy atom. The second kappa shape index (κ2) is 12.7. The molecule has 0 bridgehead atoms. The van der Waals surface area contributed by atoms with Gasteiger partial charge in [0.1, 0.15) is 5.82 Å². The fraction of sp³-hybridized carbons (Fsp3) is 0.448. The molecular weight excluding hydrogens is 476 g/mol. The van der Waals surface area contributed by atoms with Crippen LogP contribution in [0.25, 0.3) is 10.9 Å². The van der Waals surface area contributed by atoms with Gasteiger partial charge in [-0.3, -0.25) is 9.79 Å². The fourth-order valence-corrected chi connectivity index (χ4v) is 4.55. The van der Waals surface area contributed by atoms with E-state index in [1.807, 2.05) is 30.7 Å². The molecule has 38 heavy (non-hydrogen) atoms. The summed E-state index contributed by atoms with van der Waals surface area (Å²) in [5.74, 6) is -0.0824. The summed E-state index contributed by atoms with van der Waals surface area (Å²) in [6.45, 7) is 11.9. The van der Waals surface area contributed by atoms with Crippen molar-refractivity contribution in [3.8, 4) is 0 Å². The number of carbonyl (C=O) groups excluding carboxylic acids is 1. The van der Waals surface area contributed by atoms with Crippen molar-refractivity contribution in [3.05, 3.63) is 47.3 Å². The number of benzene rings is 1. The number of likely N-dealkylation sites (N-methyl/N-ethyl adjacent to an activating group) is 1. The number of carbonyl (C=O) groups is 1. The number of unbranched alkanes of at least 4 members (excludes halogenated alkanes) is 1. The van der Waals surface area contributed by atoms with Crippen LogP contribution in [0.1, 0.15) is 63.3 Å². The highest BCUT2D eigenvalue weighted by molar-refractivity contribution is 6.12. The minimum atomic E-state index is -0.568. The van der Waals surface area contributed by atoms with Crippen LogP contribution in [-0.2, 0) is 11.8 Å². The first kappa shape index (κ1) is 28.8. The molecule has 1 aliphatic heterocycles. The molecule has 1 atom stereocenters. The summed E-state index contributed by atoms with van der Waals surface area (Å²) in [6, 6.07) is 7.65. The Hall–Kier alpha value is -3.72. The number of fused-ring (bicyclic) bond motifs is 1. The Morgan fingerprint density at radius 3 is 2.39 bits per heavy atom. The predicted octanol–water partition coefficient (Wildman–Crippen LogP) is 4.44. The van der Waals surface area contributed by atoms with E-state index in [1.54, 1.807) is 19.2 Å². The monoisotopic (exact) mass is 518 g/mol. The molecule has 9 heteroatoms. The van der Waals surface area contributed by atoms with Crippen molar-refractivity contribution in [1.82, 2.24) is 14.5 Å². The molecule has 0 aliphatic carbocycles. The summed E-state index contributed by atoms with van der Waals surface area (Å²) in [5, 5.41) is 8.71. The Balaban J connectivity index is 0.000000934. The van der Waals surface area contributed by atoms with Crippen LogP contribution in [0.2, 0.25) is 0 Å². The van der Waals surface area contributed by atoms with Gasteiger partial charge in [0, 0.05) is 73.6 Å². The number of hydrogen-bond acceptors (Lipinski definition) is 7. The maximum atomic E-state index is 12.2. The van der Waals surface area contributed by atoms with Gasteiger partial charge in [-0.2, -0.15) is 0 Å². The highest BCUT2D eigenvalue weighted by Crippen LogP contribution is 2.40. The van der Waals surface area contributed by atoms with Crippen molar-refractivity contribution >= 4 is 45.9 Å². The van der Waals surface area contributed by atoms with Crippen molar-refractivity contribution in [3.63, 3.8) is 0 Å². The van der Waals surface area contributed by atoms with Crippen molar-refractivity contribution < 1.29 is 4.79 Å². The number of nitrogens with one attached hydrogen (secondary N) is 1. The molecule has 5 N–H and O–H groups in total. The van der Waals surface area contributed by atoms with Crippen LogP contribution in [0.15, 0.2) is 35.5 Å². The maximum Gasteiger partial charge on any atom is 0.226 e. The van der Waals surface area contributed by atoms with Crippen molar-refractivity contribution in [2.24, 2.45) is 17.8 Å². The van der Waals surface area contributed by atoms with Gasteiger partial charge in [0.05, 0.1) is 22.8 Å². The molecule has 1 amide bonds. The molecule has 1 unspecified atom stereocenters. The van der Waals surface area contributed by atoms with E-state index in [1.165, 1.54) is 19.1 Å². The summed E-state index contributed by atoms with van der Waals surface area (Å²) in [7, 11) is 4.01. The van der Waals surface area contributed by atoms with Gasteiger partial charge in [-0.1, -0.05) is 26.7 Å². The number of nitrogens with zero attached hydrogens (tertiary/aromatic N) is 5. The normalized spacial score (nSPS) is 15.2. The summed E-state index contributed by atoms with van der Waals surface area (Å²) in [6.07, 6.45) is 5.68. The summed E-state index contributed by atoms with van der Waals surface area (Å²) < 4.78 is 1.92. The lowest BCUT2D eigenvalue weighted by Crippen LogP contribution is -2.44. The number of pyridine rings is 1. The average molecular weight is 519 g/mol. The van der Waals surface area contributed by atoms with Gasteiger partial charge in [-0.05, 0) is 45.2 Å². The molecule has 2 aromatic heterocycles. The molecule has 0 radical (unpaired) electrons. The van der Waals surface area contributed by atoms with E-state index in [-0.39, 0.29) is 0 Å².